The molecule has 4 nitrogen and oxygen atoms in total. The molecular formula is C13H17NO3. The number of aliphatic imine (C=N–C) groups is 1. The van der Waals surface area contributed by atoms with Crippen LogP contribution in [0.5, 0.6) is 0 Å². The number of nitrogens with zero attached hydrogens (tertiary/aromatic N) is 1. The Kier molecular flexibility index (Phi) is 3.61. The second kappa shape index (κ2) is 5.17. The van der Waals surface area contributed by atoms with Gasteiger partial charge in [-0.2, -0.15) is 0 Å². The fraction of sp³-hybridized carbons (Fsp3) is 0.538. The Morgan fingerprint density at radius 2 is 2.18 bits per heavy atom. The van der Waals surface area contributed by atoms with Gasteiger partial charge in [-0.1, -0.05) is 0 Å². The van der Waals surface area contributed by atoms with Gasteiger partial charge < -0.3 is 9.47 Å². The number of allylic oxidation sites excluding steroid dienone is 1. The van der Waals surface area contributed by atoms with E-state index in [1.807, 2.05) is 6.92 Å². The van der Waals surface area contributed by atoms with Crippen LogP contribution in [0.4, 0.5) is 0 Å². The molecule has 0 N–H and O–H groups in total. The number of carbonyl (C=O) groups excluding carboxylic acids is 1. The average Bonchev–Trinajstić information content (AvgIpc) is 2.74. The molecule has 0 bridgehead atoms. The van der Waals surface area contributed by atoms with E-state index in [0.29, 0.717) is 25.5 Å². The van der Waals surface area contributed by atoms with Gasteiger partial charge >= 0.3 is 5.97 Å². The molecule has 1 aliphatic heterocycles. The fourth-order valence-corrected chi connectivity index (χ4v) is 2.15. The minimum Gasteiger partial charge on any atom is -0.494 e. The Labute approximate surface area is 101 Å². The lowest BCUT2D eigenvalue weighted by Crippen LogP contribution is -2.19. The monoisotopic (exact) mass is 235 g/mol. The third-order valence-corrected chi connectivity index (χ3v) is 2.84. The highest BCUT2D eigenvalue weighted by atomic mass is 16.5. The molecule has 1 heterocycles. The third-order valence-electron chi connectivity index (χ3n) is 2.84. The normalized spacial score (nSPS) is 18.5. The van der Waals surface area contributed by atoms with Gasteiger partial charge in [-0.05, 0) is 38.3 Å². The van der Waals surface area contributed by atoms with Crippen molar-refractivity contribution in [3.05, 3.63) is 23.0 Å². The quantitative estimate of drug-likeness (QED) is 0.700. The first-order chi connectivity index (χ1) is 8.27. The first-order valence-corrected chi connectivity index (χ1v) is 6.05. The summed E-state index contributed by atoms with van der Waals surface area (Å²) >= 11 is 0. The minimum absolute atomic E-state index is 0.310. The van der Waals surface area contributed by atoms with Crippen molar-refractivity contribution < 1.29 is 14.3 Å². The zero-order valence-electron chi connectivity index (χ0n) is 10.3. The van der Waals surface area contributed by atoms with Gasteiger partial charge in [0.1, 0.15) is 11.5 Å². The summed E-state index contributed by atoms with van der Waals surface area (Å²) in [6, 6.07) is 0. The van der Waals surface area contributed by atoms with Crippen LogP contribution in [-0.2, 0) is 14.3 Å². The molecular weight excluding hydrogens is 218 g/mol. The van der Waals surface area contributed by atoms with Crippen molar-refractivity contribution in [3.63, 3.8) is 0 Å². The summed E-state index contributed by atoms with van der Waals surface area (Å²) < 4.78 is 10.6. The summed E-state index contributed by atoms with van der Waals surface area (Å²) in [7, 11) is 0. The fourth-order valence-electron chi connectivity index (χ4n) is 2.15. The van der Waals surface area contributed by atoms with Gasteiger partial charge in [0, 0.05) is 5.57 Å². The van der Waals surface area contributed by atoms with Gasteiger partial charge in [0.25, 0.3) is 0 Å². The molecule has 0 aromatic carbocycles. The number of carbonyl (C=O) groups is 1. The minimum atomic E-state index is -0.310. The van der Waals surface area contributed by atoms with Crippen LogP contribution in [0.3, 0.4) is 0 Å². The molecule has 17 heavy (non-hydrogen) atoms. The van der Waals surface area contributed by atoms with Gasteiger partial charge in [-0.3, -0.25) is 4.99 Å². The van der Waals surface area contributed by atoms with Crippen molar-refractivity contribution in [3.8, 4) is 0 Å². The first-order valence-electron chi connectivity index (χ1n) is 6.05. The molecule has 0 radical (unpaired) electrons. The summed E-state index contributed by atoms with van der Waals surface area (Å²) in [6.07, 6.45) is 3.82. The van der Waals surface area contributed by atoms with Crippen molar-refractivity contribution in [1.82, 2.24) is 0 Å². The standard InChI is InChI=1S/C13H17NO3/c1-3-16-11-7-5-6-9-10(11)8-14-12(9)13(15)17-4-2/h7H,3-6,8H2,1-2H3. The number of hydrogen-bond acceptors (Lipinski definition) is 4. The molecule has 92 valence electrons. The molecule has 0 saturated heterocycles. The molecule has 0 aromatic rings. The molecule has 0 amide bonds. The van der Waals surface area contributed by atoms with Crippen molar-refractivity contribution in [2.45, 2.75) is 26.7 Å². The first kappa shape index (κ1) is 11.9. The van der Waals surface area contributed by atoms with E-state index in [0.717, 1.165) is 29.7 Å². The van der Waals surface area contributed by atoms with Crippen molar-refractivity contribution in [2.75, 3.05) is 19.8 Å². The molecule has 0 unspecified atom stereocenters. The van der Waals surface area contributed by atoms with E-state index < -0.39 is 0 Å². The lowest BCUT2D eigenvalue weighted by Gasteiger charge is -2.16. The Bertz CT molecular complexity index is 418. The molecule has 0 aromatic heterocycles. The average molecular weight is 235 g/mol. The van der Waals surface area contributed by atoms with E-state index in [9.17, 15) is 4.79 Å². The molecule has 0 fully saturated rings. The maximum absolute atomic E-state index is 11.7. The second-order valence-corrected chi connectivity index (χ2v) is 3.88. The van der Waals surface area contributed by atoms with Gasteiger partial charge in [0.15, 0.2) is 0 Å². The molecule has 4 heteroatoms. The molecule has 2 rings (SSSR count). The van der Waals surface area contributed by atoms with Crippen LogP contribution >= 0.6 is 0 Å². The highest BCUT2D eigenvalue weighted by molar-refractivity contribution is 6.44. The van der Waals surface area contributed by atoms with E-state index in [1.165, 1.54) is 0 Å². The van der Waals surface area contributed by atoms with Gasteiger partial charge in [-0.25, -0.2) is 4.79 Å². The SMILES string of the molecule is CCOC(=O)C1=NCC2=C1CCC=C2OCC. The number of ether oxygens (including phenoxy) is 2. The molecule has 0 atom stereocenters. The van der Waals surface area contributed by atoms with Crippen molar-refractivity contribution >= 4 is 11.7 Å². The molecule has 1 aliphatic carbocycles. The zero-order valence-corrected chi connectivity index (χ0v) is 10.3. The highest BCUT2D eigenvalue weighted by Crippen LogP contribution is 2.31. The maximum Gasteiger partial charge on any atom is 0.356 e. The topological polar surface area (TPSA) is 47.9 Å². The summed E-state index contributed by atoms with van der Waals surface area (Å²) in [5.74, 6) is 0.576. The zero-order chi connectivity index (χ0) is 12.3. The predicted octanol–water partition coefficient (Wildman–Crippen LogP) is 2.01. The van der Waals surface area contributed by atoms with Crippen LogP contribution in [0.2, 0.25) is 0 Å². The lowest BCUT2D eigenvalue weighted by molar-refractivity contribution is -0.134. The third kappa shape index (κ3) is 2.25. The number of rotatable bonds is 4. The van der Waals surface area contributed by atoms with Crippen LogP contribution in [0.1, 0.15) is 26.7 Å². The Balaban J connectivity index is 2.19. The second-order valence-electron chi connectivity index (χ2n) is 3.88. The summed E-state index contributed by atoms with van der Waals surface area (Å²) in [6.45, 7) is 5.31. The molecule has 0 saturated carbocycles. The van der Waals surface area contributed by atoms with Crippen LogP contribution in [0.15, 0.2) is 28.0 Å². The Hall–Kier alpha value is -1.58. The highest BCUT2D eigenvalue weighted by Gasteiger charge is 2.29. The lowest BCUT2D eigenvalue weighted by atomic mass is 9.94. The van der Waals surface area contributed by atoms with E-state index in [-0.39, 0.29) is 5.97 Å². The molecule has 0 spiro atoms. The summed E-state index contributed by atoms with van der Waals surface area (Å²) in [5.41, 5.74) is 2.56. The summed E-state index contributed by atoms with van der Waals surface area (Å²) in [4.78, 5) is 16.0. The van der Waals surface area contributed by atoms with Crippen LogP contribution in [-0.4, -0.2) is 31.4 Å². The van der Waals surface area contributed by atoms with E-state index >= 15 is 0 Å². The van der Waals surface area contributed by atoms with Crippen molar-refractivity contribution in [1.29, 1.82) is 0 Å². The van der Waals surface area contributed by atoms with Crippen LogP contribution in [0, 0.1) is 0 Å². The predicted molar refractivity (Wildman–Crippen MR) is 64.9 cm³/mol. The molecule has 2 aliphatic rings. The van der Waals surface area contributed by atoms with Crippen molar-refractivity contribution in [2.24, 2.45) is 4.99 Å². The Morgan fingerprint density at radius 3 is 2.88 bits per heavy atom. The Morgan fingerprint density at radius 1 is 1.35 bits per heavy atom. The van der Waals surface area contributed by atoms with Gasteiger partial charge in [0.05, 0.1) is 19.8 Å². The largest absolute Gasteiger partial charge is 0.494 e. The number of esters is 1. The summed E-state index contributed by atoms with van der Waals surface area (Å²) in [5, 5.41) is 0. The maximum atomic E-state index is 11.7. The van der Waals surface area contributed by atoms with Gasteiger partial charge in [0.2, 0.25) is 0 Å². The van der Waals surface area contributed by atoms with E-state index in [4.69, 9.17) is 9.47 Å². The smallest absolute Gasteiger partial charge is 0.356 e. The van der Waals surface area contributed by atoms with Gasteiger partial charge in [-0.15, -0.1) is 0 Å². The number of hydrogen-bond donors (Lipinski definition) is 0. The van der Waals surface area contributed by atoms with E-state index in [1.54, 1.807) is 6.92 Å². The van der Waals surface area contributed by atoms with E-state index in [2.05, 4.69) is 11.1 Å². The van der Waals surface area contributed by atoms with Crippen LogP contribution < -0.4 is 0 Å². The van der Waals surface area contributed by atoms with Crippen LogP contribution in [0.25, 0.3) is 0 Å².